The predicted molar refractivity (Wildman–Crippen MR) is 75.1 cm³/mol. The molecule has 1 unspecified atom stereocenters. The summed E-state index contributed by atoms with van der Waals surface area (Å²) in [5.74, 6) is 0.498. The first-order valence-electron chi connectivity index (χ1n) is 6.42. The Morgan fingerprint density at radius 3 is 2.75 bits per heavy atom. The number of amides is 1. The highest BCUT2D eigenvalue weighted by Gasteiger charge is 2.14. The highest BCUT2D eigenvalue weighted by atomic mass is 16.5. The third-order valence-electron chi connectivity index (χ3n) is 2.73. The van der Waals surface area contributed by atoms with E-state index in [-0.39, 0.29) is 5.91 Å². The van der Waals surface area contributed by atoms with Gasteiger partial charge in [-0.05, 0) is 32.0 Å². The van der Waals surface area contributed by atoms with Gasteiger partial charge in [0, 0.05) is 5.69 Å². The second-order valence-electron chi connectivity index (χ2n) is 4.44. The van der Waals surface area contributed by atoms with Crippen LogP contribution in [0.5, 0.6) is 5.75 Å². The van der Waals surface area contributed by atoms with E-state index in [0.29, 0.717) is 12.3 Å². The minimum absolute atomic E-state index is 0.176. The molecule has 1 atom stereocenters. The van der Waals surface area contributed by atoms with Crippen LogP contribution in [-0.2, 0) is 11.3 Å². The van der Waals surface area contributed by atoms with Crippen molar-refractivity contribution in [2.75, 3.05) is 0 Å². The fraction of sp³-hybridized carbons (Fsp3) is 0.267. The molecule has 1 amide bonds. The highest BCUT2D eigenvalue weighted by Crippen LogP contribution is 2.10. The fourth-order valence-electron chi connectivity index (χ4n) is 1.68. The number of carbonyl (C=O) groups is 1. The van der Waals surface area contributed by atoms with Crippen LogP contribution < -0.4 is 10.1 Å². The summed E-state index contributed by atoms with van der Waals surface area (Å²) in [6.07, 6.45) is 0.932. The fourth-order valence-corrected chi connectivity index (χ4v) is 1.68. The number of aromatic nitrogens is 2. The maximum absolute atomic E-state index is 11.9. The molecular weight excluding hydrogens is 254 g/mol. The average molecular weight is 271 g/mol. The molecule has 1 aromatic carbocycles. The van der Waals surface area contributed by atoms with Crippen LogP contribution >= 0.6 is 0 Å². The minimum atomic E-state index is -0.555. The number of nitrogens with zero attached hydrogens (tertiary/aromatic N) is 2. The Balaban J connectivity index is 1.85. The summed E-state index contributed by atoms with van der Waals surface area (Å²) in [6.45, 7) is 3.96. The normalized spacial score (nSPS) is 11.7. The van der Waals surface area contributed by atoms with E-state index in [0.717, 1.165) is 11.4 Å². The van der Waals surface area contributed by atoms with Crippen molar-refractivity contribution in [1.82, 2.24) is 15.3 Å². The Morgan fingerprint density at radius 2 is 2.05 bits per heavy atom. The average Bonchev–Trinajstić information content (AvgIpc) is 2.46. The number of rotatable bonds is 5. The number of hydrogen-bond acceptors (Lipinski definition) is 4. The van der Waals surface area contributed by atoms with Crippen molar-refractivity contribution in [2.24, 2.45) is 0 Å². The van der Waals surface area contributed by atoms with Crippen molar-refractivity contribution in [2.45, 2.75) is 26.5 Å². The standard InChI is InChI=1S/C15H17N3O2/c1-11-8-13(18-10-17-11)9-16-15(19)12(2)20-14-6-4-3-5-7-14/h3-8,10,12H,9H2,1-2H3,(H,16,19). The number of ether oxygens (including phenoxy) is 1. The maximum atomic E-state index is 11.9. The van der Waals surface area contributed by atoms with E-state index in [1.807, 2.05) is 43.3 Å². The van der Waals surface area contributed by atoms with E-state index in [9.17, 15) is 4.79 Å². The van der Waals surface area contributed by atoms with Gasteiger partial charge in [0.2, 0.25) is 0 Å². The molecule has 1 N–H and O–H groups in total. The van der Waals surface area contributed by atoms with Crippen molar-refractivity contribution in [3.8, 4) is 5.75 Å². The summed E-state index contributed by atoms with van der Waals surface area (Å²) >= 11 is 0. The predicted octanol–water partition coefficient (Wildman–Crippen LogP) is 1.87. The molecule has 1 aromatic heterocycles. The Bertz CT molecular complexity index is 572. The molecule has 5 heteroatoms. The first-order chi connectivity index (χ1) is 9.65. The lowest BCUT2D eigenvalue weighted by atomic mass is 10.3. The van der Waals surface area contributed by atoms with E-state index in [2.05, 4.69) is 15.3 Å². The van der Waals surface area contributed by atoms with Crippen LogP contribution in [0.25, 0.3) is 0 Å². The molecule has 0 bridgehead atoms. The van der Waals surface area contributed by atoms with Gasteiger partial charge in [0.05, 0.1) is 12.2 Å². The van der Waals surface area contributed by atoms with Gasteiger partial charge in [0.15, 0.2) is 6.10 Å². The minimum Gasteiger partial charge on any atom is -0.481 e. The van der Waals surface area contributed by atoms with Crippen molar-refractivity contribution in [3.05, 3.63) is 54.1 Å². The van der Waals surface area contributed by atoms with Crippen LogP contribution in [0.2, 0.25) is 0 Å². The largest absolute Gasteiger partial charge is 0.481 e. The van der Waals surface area contributed by atoms with Gasteiger partial charge in [-0.1, -0.05) is 18.2 Å². The van der Waals surface area contributed by atoms with Crippen LogP contribution in [0.1, 0.15) is 18.3 Å². The first kappa shape index (κ1) is 14.0. The van der Waals surface area contributed by atoms with Crippen molar-refractivity contribution in [3.63, 3.8) is 0 Å². The Hall–Kier alpha value is -2.43. The molecule has 0 fully saturated rings. The summed E-state index contributed by atoms with van der Waals surface area (Å²) in [5.41, 5.74) is 1.65. The van der Waals surface area contributed by atoms with Gasteiger partial charge in [-0.25, -0.2) is 9.97 Å². The molecule has 5 nitrogen and oxygen atoms in total. The summed E-state index contributed by atoms with van der Waals surface area (Å²) < 4.78 is 5.54. The van der Waals surface area contributed by atoms with Crippen LogP contribution in [0, 0.1) is 6.92 Å². The summed E-state index contributed by atoms with van der Waals surface area (Å²) in [6, 6.07) is 11.1. The molecule has 104 valence electrons. The lowest BCUT2D eigenvalue weighted by Gasteiger charge is -2.14. The van der Waals surface area contributed by atoms with E-state index in [4.69, 9.17) is 4.74 Å². The zero-order valence-corrected chi connectivity index (χ0v) is 11.5. The lowest BCUT2D eigenvalue weighted by Crippen LogP contribution is -2.36. The van der Waals surface area contributed by atoms with E-state index in [1.54, 1.807) is 6.92 Å². The lowest BCUT2D eigenvalue weighted by molar-refractivity contribution is -0.127. The monoisotopic (exact) mass is 271 g/mol. The van der Waals surface area contributed by atoms with Crippen LogP contribution in [0.15, 0.2) is 42.7 Å². The summed E-state index contributed by atoms with van der Waals surface area (Å²) in [7, 11) is 0. The quantitative estimate of drug-likeness (QED) is 0.901. The van der Waals surface area contributed by atoms with Crippen LogP contribution in [-0.4, -0.2) is 22.0 Å². The van der Waals surface area contributed by atoms with Gasteiger partial charge < -0.3 is 10.1 Å². The van der Waals surface area contributed by atoms with Gasteiger partial charge in [-0.3, -0.25) is 4.79 Å². The molecular formula is C15H17N3O2. The molecule has 0 radical (unpaired) electrons. The highest BCUT2D eigenvalue weighted by molar-refractivity contribution is 5.80. The Labute approximate surface area is 118 Å². The van der Waals surface area contributed by atoms with Gasteiger partial charge in [-0.2, -0.15) is 0 Å². The topological polar surface area (TPSA) is 64.1 Å². The third-order valence-corrected chi connectivity index (χ3v) is 2.73. The number of hydrogen-bond donors (Lipinski definition) is 1. The first-order valence-corrected chi connectivity index (χ1v) is 6.42. The second-order valence-corrected chi connectivity index (χ2v) is 4.44. The number of nitrogens with one attached hydrogen (secondary N) is 1. The molecule has 0 aliphatic rings. The number of aryl methyl sites for hydroxylation is 1. The molecule has 1 heterocycles. The van der Waals surface area contributed by atoms with Crippen LogP contribution in [0.3, 0.4) is 0 Å². The van der Waals surface area contributed by atoms with Gasteiger partial charge in [0.25, 0.3) is 5.91 Å². The number of benzene rings is 1. The molecule has 0 aliphatic heterocycles. The molecule has 20 heavy (non-hydrogen) atoms. The maximum Gasteiger partial charge on any atom is 0.261 e. The van der Waals surface area contributed by atoms with E-state index in [1.165, 1.54) is 6.33 Å². The molecule has 0 aliphatic carbocycles. The van der Waals surface area contributed by atoms with Gasteiger partial charge in [0.1, 0.15) is 12.1 Å². The van der Waals surface area contributed by atoms with E-state index >= 15 is 0 Å². The molecule has 2 rings (SSSR count). The Morgan fingerprint density at radius 1 is 1.30 bits per heavy atom. The van der Waals surface area contributed by atoms with E-state index < -0.39 is 6.10 Å². The molecule has 0 saturated heterocycles. The van der Waals surface area contributed by atoms with Crippen molar-refractivity contribution < 1.29 is 9.53 Å². The smallest absolute Gasteiger partial charge is 0.261 e. The second kappa shape index (κ2) is 6.65. The Kier molecular flexibility index (Phi) is 4.65. The van der Waals surface area contributed by atoms with Crippen molar-refractivity contribution in [1.29, 1.82) is 0 Å². The third kappa shape index (κ3) is 4.05. The zero-order chi connectivity index (χ0) is 14.4. The van der Waals surface area contributed by atoms with Crippen LogP contribution in [0.4, 0.5) is 0 Å². The SMILES string of the molecule is Cc1cc(CNC(=O)C(C)Oc2ccccc2)ncn1. The van der Waals surface area contributed by atoms with Crippen molar-refractivity contribution >= 4 is 5.91 Å². The molecule has 0 spiro atoms. The number of para-hydroxylation sites is 1. The summed E-state index contributed by atoms with van der Waals surface area (Å²) in [5, 5.41) is 2.79. The number of carbonyl (C=O) groups excluding carboxylic acids is 1. The van der Waals surface area contributed by atoms with Gasteiger partial charge in [-0.15, -0.1) is 0 Å². The zero-order valence-electron chi connectivity index (χ0n) is 11.5. The summed E-state index contributed by atoms with van der Waals surface area (Å²) in [4.78, 5) is 20.0. The molecule has 2 aromatic rings. The molecule has 0 saturated carbocycles. The van der Waals surface area contributed by atoms with Gasteiger partial charge >= 0.3 is 0 Å².